The van der Waals surface area contributed by atoms with Gasteiger partial charge >= 0.3 is 11.9 Å². The molecule has 2 aromatic rings. The van der Waals surface area contributed by atoms with Gasteiger partial charge in [-0.1, -0.05) is 12.1 Å². The summed E-state index contributed by atoms with van der Waals surface area (Å²) in [7, 11) is 0. The molecule has 2 N–H and O–H groups in total. The number of carbonyl (C=O) groups excluding carboxylic acids is 2. The highest BCUT2D eigenvalue weighted by Crippen LogP contribution is 2.36. The van der Waals surface area contributed by atoms with Gasteiger partial charge in [0.2, 0.25) is 0 Å². The van der Waals surface area contributed by atoms with Gasteiger partial charge in [0.25, 0.3) is 0 Å². The van der Waals surface area contributed by atoms with Crippen LogP contribution in [0.2, 0.25) is 0 Å². The third-order valence-corrected chi connectivity index (χ3v) is 7.72. The summed E-state index contributed by atoms with van der Waals surface area (Å²) in [5.41, 5.74) is -4.42. The molecule has 0 bridgehead atoms. The maximum atomic E-state index is 15.1. The Hall–Kier alpha value is -2.98. The van der Waals surface area contributed by atoms with Crippen molar-refractivity contribution in [3.8, 4) is 11.1 Å². The molecule has 2 aliphatic rings. The lowest BCUT2D eigenvalue weighted by Crippen LogP contribution is -2.47. The molecule has 4 rings (SSSR count). The van der Waals surface area contributed by atoms with Gasteiger partial charge in [-0.25, -0.2) is 27.2 Å². The third-order valence-electron chi connectivity index (χ3n) is 7.72. The van der Waals surface area contributed by atoms with Crippen molar-refractivity contribution in [1.29, 1.82) is 0 Å². The largest absolute Gasteiger partial charge is 0.457 e. The lowest BCUT2D eigenvalue weighted by atomic mass is 9.96. The minimum Gasteiger partial charge on any atom is -0.457 e. The second-order valence-electron chi connectivity index (χ2n) is 13.2. The summed E-state index contributed by atoms with van der Waals surface area (Å²) in [5.74, 6) is -8.34. The molecule has 0 saturated carbocycles. The molecule has 2 unspecified atom stereocenters. The van der Waals surface area contributed by atoms with Gasteiger partial charge in [0.1, 0.15) is 12.2 Å². The van der Waals surface area contributed by atoms with Gasteiger partial charge in [-0.15, -0.1) is 0 Å². The van der Waals surface area contributed by atoms with E-state index in [2.05, 4.69) is 10.6 Å². The monoisotopic (exact) mass is 564 g/mol. The quantitative estimate of drug-likeness (QED) is 0.340. The normalized spacial score (nSPS) is 24.1. The van der Waals surface area contributed by atoms with Crippen LogP contribution in [0, 0.1) is 23.3 Å². The molecule has 0 aliphatic carbocycles. The molecule has 2 aromatic carbocycles. The number of hydrogen-bond donors (Lipinski definition) is 2. The highest BCUT2D eigenvalue weighted by Gasteiger charge is 2.47. The first kappa shape index (κ1) is 30.0. The molecular weight excluding hydrogens is 528 g/mol. The number of ether oxygens (including phenoxy) is 2. The van der Waals surface area contributed by atoms with Crippen LogP contribution in [0.25, 0.3) is 11.1 Å². The topological polar surface area (TPSA) is 76.7 Å². The highest BCUT2D eigenvalue weighted by molar-refractivity contribution is 5.92. The van der Waals surface area contributed by atoms with Crippen LogP contribution in [0.5, 0.6) is 0 Å². The van der Waals surface area contributed by atoms with Crippen molar-refractivity contribution < 1.29 is 36.6 Å². The van der Waals surface area contributed by atoms with Crippen LogP contribution in [0.4, 0.5) is 17.6 Å². The molecule has 218 valence electrons. The van der Waals surface area contributed by atoms with Crippen molar-refractivity contribution in [1.82, 2.24) is 10.6 Å². The average Bonchev–Trinajstić information content (AvgIpc) is 3.15. The van der Waals surface area contributed by atoms with Crippen molar-refractivity contribution >= 4 is 11.9 Å². The molecule has 2 atom stereocenters. The first-order chi connectivity index (χ1) is 18.2. The Labute approximate surface area is 231 Å². The van der Waals surface area contributed by atoms with Crippen LogP contribution in [-0.4, -0.2) is 46.3 Å². The standard InChI is InChI=1S/C30H36F4N2O4/c1-27(2)13-19(29(5,6)35-27)39-25(37)17-11-9-15(21(31)23(17)33)16-10-12-18(24(34)22(16)32)26(38)40-20-14-28(3,4)36-30(20,7)8/h9-12,19-20,35-36H,13-14H2,1-8H3. The zero-order valence-corrected chi connectivity index (χ0v) is 24.0. The predicted molar refractivity (Wildman–Crippen MR) is 142 cm³/mol. The minimum atomic E-state index is -1.55. The van der Waals surface area contributed by atoms with Gasteiger partial charge in [-0.3, -0.25) is 0 Å². The number of rotatable bonds is 5. The van der Waals surface area contributed by atoms with Gasteiger partial charge in [0.05, 0.1) is 22.2 Å². The first-order valence-electron chi connectivity index (χ1n) is 13.2. The van der Waals surface area contributed by atoms with Crippen LogP contribution in [0.15, 0.2) is 24.3 Å². The Morgan fingerprint density at radius 3 is 1.23 bits per heavy atom. The summed E-state index contributed by atoms with van der Waals surface area (Å²) in [4.78, 5) is 25.5. The smallest absolute Gasteiger partial charge is 0.341 e. The van der Waals surface area contributed by atoms with E-state index in [4.69, 9.17) is 9.47 Å². The predicted octanol–water partition coefficient (Wildman–Crippen LogP) is 6.06. The summed E-state index contributed by atoms with van der Waals surface area (Å²) < 4.78 is 71.3. The maximum absolute atomic E-state index is 15.1. The van der Waals surface area contributed by atoms with Crippen LogP contribution in [0.1, 0.15) is 88.9 Å². The van der Waals surface area contributed by atoms with E-state index in [0.29, 0.717) is 12.8 Å². The fourth-order valence-electron chi connectivity index (χ4n) is 6.04. The Morgan fingerprint density at radius 1 is 0.625 bits per heavy atom. The molecule has 2 saturated heterocycles. The van der Waals surface area contributed by atoms with Crippen molar-refractivity contribution in [3.63, 3.8) is 0 Å². The van der Waals surface area contributed by atoms with Gasteiger partial charge in [-0.05, 0) is 67.5 Å². The van der Waals surface area contributed by atoms with E-state index < -0.39 is 80.7 Å². The van der Waals surface area contributed by atoms with Crippen LogP contribution in [0.3, 0.4) is 0 Å². The average molecular weight is 565 g/mol. The zero-order chi connectivity index (χ0) is 30.0. The van der Waals surface area contributed by atoms with Crippen LogP contribution >= 0.6 is 0 Å². The Morgan fingerprint density at radius 2 is 0.950 bits per heavy atom. The number of benzene rings is 2. The number of esters is 2. The molecule has 2 fully saturated rings. The number of nitrogens with one attached hydrogen (secondary N) is 2. The third kappa shape index (κ3) is 5.61. The van der Waals surface area contributed by atoms with E-state index in [-0.39, 0.29) is 11.1 Å². The van der Waals surface area contributed by atoms with Crippen molar-refractivity contribution in [2.45, 2.75) is 103 Å². The van der Waals surface area contributed by atoms with Crippen molar-refractivity contribution in [2.75, 3.05) is 0 Å². The van der Waals surface area contributed by atoms with Crippen LogP contribution in [-0.2, 0) is 9.47 Å². The summed E-state index contributed by atoms with van der Waals surface area (Å²) >= 11 is 0. The SMILES string of the molecule is CC1(C)CC(OC(=O)c2ccc(-c3ccc(C(=O)OC4CC(C)(C)NC4(C)C)c(F)c3F)c(F)c2F)C(C)(C)N1. The molecular formula is C30H36F4N2O4. The fraction of sp³-hybridized carbons (Fsp3) is 0.533. The van der Waals surface area contributed by atoms with E-state index in [1.165, 1.54) is 0 Å². The molecule has 0 spiro atoms. The number of halogens is 4. The van der Waals surface area contributed by atoms with E-state index in [9.17, 15) is 9.59 Å². The van der Waals surface area contributed by atoms with Crippen molar-refractivity contribution in [3.05, 3.63) is 58.7 Å². The summed E-state index contributed by atoms with van der Waals surface area (Å²) in [6.07, 6.45) is -0.292. The Balaban J connectivity index is 1.57. The summed E-state index contributed by atoms with van der Waals surface area (Å²) in [6.45, 7) is 15.1. The Kier molecular flexibility index (Phi) is 7.37. The lowest BCUT2D eigenvalue weighted by molar-refractivity contribution is 0.0159. The second-order valence-corrected chi connectivity index (χ2v) is 13.2. The number of hydrogen-bond acceptors (Lipinski definition) is 6. The van der Waals surface area contributed by atoms with E-state index >= 15 is 17.6 Å². The van der Waals surface area contributed by atoms with Gasteiger partial charge in [-0.2, -0.15) is 0 Å². The van der Waals surface area contributed by atoms with E-state index in [0.717, 1.165) is 24.3 Å². The van der Waals surface area contributed by atoms with E-state index in [1.54, 1.807) is 0 Å². The van der Waals surface area contributed by atoms with Crippen molar-refractivity contribution in [2.24, 2.45) is 0 Å². The zero-order valence-electron chi connectivity index (χ0n) is 24.0. The molecule has 0 amide bonds. The van der Waals surface area contributed by atoms with Crippen LogP contribution < -0.4 is 10.6 Å². The van der Waals surface area contributed by atoms with Gasteiger partial charge in [0.15, 0.2) is 23.3 Å². The first-order valence-corrected chi connectivity index (χ1v) is 13.2. The molecule has 40 heavy (non-hydrogen) atoms. The highest BCUT2D eigenvalue weighted by atomic mass is 19.2. The minimum absolute atomic E-state index is 0.330. The summed E-state index contributed by atoms with van der Waals surface area (Å²) in [5, 5.41) is 6.65. The molecule has 10 heteroatoms. The Bertz CT molecular complexity index is 1270. The fourth-order valence-corrected chi connectivity index (χ4v) is 6.04. The lowest BCUT2D eigenvalue weighted by Gasteiger charge is -2.28. The maximum Gasteiger partial charge on any atom is 0.341 e. The van der Waals surface area contributed by atoms with Gasteiger partial charge < -0.3 is 20.1 Å². The molecule has 2 aliphatic heterocycles. The molecule has 2 heterocycles. The molecule has 0 aromatic heterocycles. The van der Waals surface area contributed by atoms with E-state index in [1.807, 2.05) is 55.4 Å². The van der Waals surface area contributed by atoms with Gasteiger partial charge in [0, 0.05) is 35.0 Å². The molecule has 6 nitrogen and oxygen atoms in total. The second kappa shape index (κ2) is 9.83. The number of carbonyl (C=O) groups is 2. The molecule has 0 radical (unpaired) electrons. The summed E-state index contributed by atoms with van der Waals surface area (Å²) in [6, 6.07) is 3.88.